The fraction of sp³-hybridized carbons (Fsp3) is 0.0909. The highest BCUT2D eigenvalue weighted by Crippen LogP contribution is 2.39. The molecule has 1 N–H and O–H groups in total. The number of carbonyl (C=O) groups is 2. The number of carboxylic acids is 1. The first kappa shape index (κ1) is 16.1. The van der Waals surface area contributed by atoms with Crippen molar-refractivity contribution < 1.29 is 14.7 Å². The maximum atomic E-state index is 12.7. The average molecular weight is 343 g/mol. The molecule has 0 spiro atoms. The molecule has 0 bridgehead atoms. The van der Waals surface area contributed by atoms with Crippen LogP contribution < -0.4 is 4.90 Å². The van der Waals surface area contributed by atoms with Crippen LogP contribution in [0, 0.1) is 6.92 Å². The van der Waals surface area contributed by atoms with E-state index in [1.807, 2.05) is 60.7 Å². The van der Waals surface area contributed by atoms with E-state index in [0.29, 0.717) is 17.7 Å². The molecule has 0 saturated carbocycles. The van der Waals surface area contributed by atoms with Gasteiger partial charge in [0.05, 0.1) is 23.4 Å². The van der Waals surface area contributed by atoms with Gasteiger partial charge in [-0.05, 0) is 47.4 Å². The standard InChI is InChI=1S/C22H17NO3/c1-14-18(22(25)26)11-17(15-7-3-2-4-8-15)12-20(14)23-19-10-6-5-9-16(19)13-21(23)24/h2-12H,13H2,1H3,(H,25,26). The Morgan fingerprint density at radius 1 is 0.923 bits per heavy atom. The van der Waals surface area contributed by atoms with Crippen LogP contribution >= 0.6 is 0 Å². The lowest BCUT2D eigenvalue weighted by Crippen LogP contribution is -2.22. The van der Waals surface area contributed by atoms with Crippen LogP contribution in [0.3, 0.4) is 0 Å². The second kappa shape index (κ2) is 6.15. The van der Waals surface area contributed by atoms with E-state index in [1.165, 1.54) is 0 Å². The number of para-hydroxylation sites is 1. The maximum absolute atomic E-state index is 12.7. The van der Waals surface area contributed by atoms with E-state index in [4.69, 9.17) is 0 Å². The number of carbonyl (C=O) groups excluding carboxylic acids is 1. The molecule has 0 atom stereocenters. The van der Waals surface area contributed by atoms with Crippen molar-refractivity contribution in [3.05, 3.63) is 83.4 Å². The van der Waals surface area contributed by atoms with Gasteiger partial charge in [-0.3, -0.25) is 9.69 Å². The number of carboxylic acid groups (broad SMARTS) is 1. The molecule has 26 heavy (non-hydrogen) atoms. The van der Waals surface area contributed by atoms with Crippen molar-refractivity contribution in [2.24, 2.45) is 0 Å². The summed E-state index contributed by atoms with van der Waals surface area (Å²) in [5, 5.41) is 9.66. The molecule has 0 radical (unpaired) electrons. The fourth-order valence-corrected chi connectivity index (χ4v) is 3.47. The van der Waals surface area contributed by atoms with Crippen LogP contribution in [0.5, 0.6) is 0 Å². The first-order chi connectivity index (χ1) is 12.6. The van der Waals surface area contributed by atoms with Crippen molar-refractivity contribution >= 4 is 23.3 Å². The first-order valence-electron chi connectivity index (χ1n) is 8.40. The molecule has 1 aliphatic rings. The molecule has 0 saturated heterocycles. The quantitative estimate of drug-likeness (QED) is 0.757. The van der Waals surface area contributed by atoms with E-state index in [2.05, 4.69) is 0 Å². The Morgan fingerprint density at radius 2 is 1.62 bits per heavy atom. The Bertz CT molecular complexity index is 1020. The van der Waals surface area contributed by atoms with Crippen LogP contribution in [0.25, 0.3) is 11.1 Å². The summed E-state index contributed by atoms with van der Waals surface area (Å²) in [5.41, 5.74) is 4.89. The van der Waals surface area contributed by atoms with Crippen LogP contribution in [0.2, 0.25) is 0 Å². The van der Waals surface area contributed by atoms with Gasteiger partial charge in [0, 0.05) is 0 Å². The van der Waals surface area contributed by atoms with E-state index >= 15 is 0 Å². The van der Waals surface area contributed by atoms with Gasteiger partial charge in [0.1, 0.15) is 0 Å². The van der Waals surface area contributed by atoms with Crippen molar-refractivity contribution in [1.82, 2.24) is 0 Å². The Kier molecular flexibility index (Phi) is 3.81. The zero-order valence-corrected chi connectivity index (χ0v) is 14.3. The third-order valence-corrected chi connectivity index (χ3v) is 4.78. The molecule has 128 valence electrons. The summed E-state index contributed by atoms with van der Waals surface area (Å²) in [6.45, 7) is 1.75. The fourth-order valence-electron chi connectivity index (χ4n) is 3.47. The number of nitrogens with zero attached hydrogens (tertiary/aromatic N) is 1. The normalized spacial score (nSPS) is 13.0. The number of benzene rings is 3. The number of hydrogen-bond acceptors (Lipinski definition) is 2. The summed E-state index contributed by atoms with van der Waals surface area (Å²) in [7, 11) is 0. The summed E-state index contributed by atoms with van der Waals surface area (Å²) < 4.78 is 0. The van der Waals surface area contributed by atoms with Crippen molar-refractivity contribution in [1.29, 1.82) is 0 Å². The van der Waals surface area contributed by atoms with Gasteiger partial charge in [-0.1, -0.05) is 48.5 Å². The minimum atomic E-state index is -0.999. The number of rotatable bonds is 3. The molecule has 3 aromatic carbocycles. The molecule has 1 heterocycles. The second-order valence-corrected chi connectivity index (χ2v) is 6.37. The average Bonchev–Trinajstić information content (AvgIpc) is 2.98. The van der Waals surface area contributed by atoms with Crippen LogP contribution in [0.4, 0.5) is 11.4 Å². The molecule has 3 aromatic rings. The largest absolute Gasteiger partial charge is 0.478 e. The number of anilines is 2. The number of fused-ring (bicyclic) bond motifs is 1. The highest BCUT2D eigenvalue weighted by atomic mass is 16.4. The van der Waals surface area contributed by atoms with Gasteiger partial charge < -0.3 is 5.11 Å². The highest BCUT2D eigenvalue weighted by Gasteiger charge is 2.30. The van der Waals surface area contributed by atoms with Crippen LogP contribution in [-0.2, 0) is 11.2 Å². The van der Waals surface area contributed by atoms with Gasteiger partial charge >= 0.3 is 5.97 Å². The molecule has 0 aliphatic carbocycles. The lowest BCUT2D eigenvalue weighted by Gasteiger charge is -2.22. The van der Waals surface area contributed by atoms with Crippen LogP contribution in [0.1, 0.15) is 21.5 Å². The Balaban J connectivity index is 1.95. The van der Waals surface area contributed by atoms with E-state index in [9.17, 15) is 14.7 Å². The van der Waals surface area contributed by atoms with Gasteiger partial charge in [0.25, 0.3) is 0 Å². The molecule has 0 aromatic heterocycles. The van der Waals surface area contributed by atoms with E-state index in [1.54, 1.807) is 17.9 Å². The van der Waals surface area contributed by atoms with Gasteiger partial charge in [-0.25, -0.2) is 4.79 Å². The monoisotopic (exact) mass is 343 g/mol. The van der Waals surface area contributed by atoms with Crippen LogP contribution in [-0.4, -0.2) is 17.0 Å². The summed E-state index contributed by atoms with van der Waals surface area (Å²) in [6.07, 6.45) is 0.327. The number of hydrogen-bond donors (Lipinski definition) is 1. The Labute approximate surface area is 151 Å². The van der Waals surface area contributed by atoms with Crippen LogP contribution in [0.15, 0.2) is 66.7 Å². The second-order valence-electron chi connectivity index (χ2n) is 6.37. The van der Waals surface area contributed by atoms with Gasteiger partial charge in [0.15, 0.2) is 0 Å². The predicted octanol–water partition coefficient (Wildman–Crippen LogP) is 4.58. The van der Waals surface area contributed by atoms with Gasteiger partial charge in [-0.15, -0.1) is 0 Å². The molecule has 4 heteroatoms. The van der Waals surface area contributed by atoms with E-state index in [-0.39, 0.29) is 11.5 Å². The topological polar surface area (TPSA) is 57.6 Å². The van der Waals surface area contributed by atoms with Gasteiger partial charge in [0.2, 0.25) is 5.91 Å². The molecule has 1 amide bonds. The molecule has 1 aliphatic heterocycles. The maximum Gasteiger partial charge on any atom is 0.336 e. The third-order valence-electron chi connectivity index (χ3n) is 4.78. The highest BCUT2D eigenvalue weighted by molar-refractivity contribution is 6.09. The van der Waals surface area contributed by atoms with Gasteiger partial charge in [-0.2, -0.15) is 0 Å². The third kappa shape index (κ3) is 2.56. The smallest absolute Gasteiger partial charge is 0.336 e. The molecule has 0 fully saturated rings. The number of aromatic carboxylic acids is 1. The SMILES string of the molecule is Cc1c(C(=O)O)cc(-c2ccccc2)cc1N1C(=O)Cc2ccccc21. The summed E-state index contributed by atoms with van der Waals surface area (Å²) in [4.78, 5) is 26.1. The van der Waals surface area contributed by atoms with E-state index < -0.39 is 5.97 Å². The minimum absolute atomic E-state index is 0.0455. The van der Waals surface area contributed by atoms with Crippen molar-refractivity contribution in [2.75, 3.05) is 4.90 Å². The zero-order valence-electron chi connectivity index (χ0n) is 14.3. The van der Waals surface area contributed by atoms with Crippen molar-refractivity contribution in [3.8, 4) is 11.1 Å². The lowest BCUT2D eigenvalue weighted by molar-refractivity contribution is -0.116. The van der Waals surface area contributed by atoms with E-state index in [0.717, 1.165) is 22.4 Å². The number of amides is 1. The Hall–Kier alpha value is -3.40. The lowest BCUT2D eigenvalue weighted by atomic mass is 9.97. The van der Waals surface area contributed by atoms with Crippen molar-refractivity contribution in [3.63, 3.8) is 0 Å². The molecule has 4 nitrogen and oxygen atoms in total. The molecular weight excluding hydrogens is 326 g/mol. The molecule has 0 unspecified atom stereocenters. The summed E-state index contributed by atoms with van der Waals surface area (Å²) in [5.74, 6) is -1.04. The van der Waals surface area contributed by atoms with Crippen molar-refractivity contribution in [2.45, 2.75) is 13.3 Å². The predicted molar refractivity (Wildman–Crippen MR) is 101 cm³/mol. The Morgan fingerprint density at radius 3 is 2.35 bits per heavy atom. The summed E-state index contributed by atoms with van der Waals surface area (Å²) in [6, 6.07) is 20.8. The molecular formula is C22H17NO3. The minimum Gasteiger partial charge on any atom is -0.478 e. The zero-order chi connectivity index (χ0) is 18.3. The molecule has 4 rings (SSSR count). The first-order valence-corrected chi connectivity index (χ1v) is 8.40. The summed E-state index contributed by atoms with van der Waals surface area (Å²) >= 11 is 0.